The molecule has 2 aromatic rings. The molecule has 0 fully saturated rings. The Balaban J connectivity index is 2.14. The van der Waals surface area contributed by atoms with Crippen LogP contribution in [0.4, 0.5) is 0 Å². The van der Waals surface area contributed by atoms with Gasteiger partial charge in [0.1, 0.15) is 5.75 Å². The van der Waals surface area contributed by atoms with Crippen molar-refractivity contribution in [3.05, 3.63) is 36.7 Å². The molecular formula is C13H16N2O2S. The van der Waals surface area contributed by atoms with Gasteiger partial charge in [0.25, 0.3) is 0 Å². The molecule has 0 bridgehead atoms. The van der Waals surface area contributed by atoms with Crippen LogP contribution < -0.4 is 4.74 Å². The van der Waals surface area contributed by atoms with E-state index in [1.165, 1.54) is 0 Å². The van der Waals surface area contributed by atoms with Crippen molar-refractivity contribution in [1.82, 2.24) is 9.55 Å². The number of hydrogen-bond acceptors (Lipinski definition) is 4. The largest absolute Gasteiger partial charge is 0.497 e. The van der Waals surface area contributed by atoms with E-state index in [4.69, 9.17) is 9.84 Å². The van der Waals surface area contributed by atoms with Crippen molar-refractivity contribution in [2.45, 2.75) is 11.6 Å². The van der Waals surface area contributed by atoms with Gasteiger partial charge in [-0.3, -0.25) is 4.57 Å². The molecular weight excluding hydrogens is 248 g/mol. The molecule has 0 aliphatic rings. The third kappa shape index (κ3) is 3.05. The zero-order valence-electron chi connectivity index (χ0n) is 10.2. The Kier molecular flexibility index (Phi) is 4.66. The van der Waals surface area contributed by atoms with E-state index in [1.807, 2.05) is 35.0 Å². The Morgan fingerprint density at radius 2 is 2.11 bits per heavy atom. The molecule has 0 saturated heterocycles. The minimum absolute atomic E-state index is 0.218. The highest BCUT2D eigenvalue weighted by Gasteiger charge is 2.05. The molecule has 5 heteroatoms. The summed E-state index contributed by atoms with van der Waals surface area (Å²) in [4.78, 5) is 4.32. The fourth-order valence-electron chi connectivity index (χ4n) is 1.56. The van der Waals surface area contributed by atoms with E-state index < -0.39 is 0 Å². The molecule has 1 aromatic carbocycles. The number of nitrogens with zero attached hydrogens (tertiary/aromatic N) is 2. The summed E-state index contributed by atoms with van der Waals surface area (Å²) in [6, 6.07) is 7.85. The van der Waals surface area contributed by atoms with E-state index in [0.717, 1.165) is 28.8 Å². The predicted molar refractivity (Wildman–Crippen MR) is 72.5 cm³/mol. The molecule has 96 valence electrons. The van der Waals surface area contributed by atoms with E-state index in [2.05, 4.69) is 4.98 Å². The van der Waals surface area contributed by atoms with E-state index in [1.54, 1.807) is 25.1 Å². The van der Waals surface area contributed by atoms with Crippen molar-refractivity contribution in [2.24, 2.45) is 0 Å². The average molecular weight is 264 g/mol. The molecule has 0 saturated carbocycles. The number of aromatic nitrogens is 2. The third-order valence-corrected chi connectivity index (χ3v) is 3.54. The quantitative estimate of drug-likeness (QED) is 0.642. The van der Waals surface area contributed by atoms with Crippen LogP contribution in [0.3, 0.4) is 0 Å². The highest BCUT2D eigenvalue weighted by atomic mass is 32.2. The Morgan fingerprint density at radius 3 is 2.78 bits per heavy atom. The van der Waals surface area contributed by atoms with Gasteiger partial charge in [0.05, 0.1) is 7.11 Å². The number of methoxy groups -OCH3 is 1. The molecule has 1 N–H and O–H groups in total. The second-order valence-corrected chi connectivity index (χ2v) is 4.77. The number of ether oxygens (including phenoxy) is 1. The first-order chi connectivity index (χ1) is 8.85. The number of rotatable bonds is 6. The highest BCUT2D eigenvalue weighted by Crippen LogP contribution is 2.22. The van der Waals surface area contributed by atoms with Crippen LogP contribution in [0, 0.1) is 0 Å². The second kappa shape index (κ2) is 6.47. The SMILES string of the molecule is COc1ccc(-n2ccnc2SCCCO)cc1. The summed E-state index contributed by atoms with van der Waals surface area (Å²) in [5, 5.41) is 9.72. The van der Waals surface area contributed by atoms with E-state index in [9.17, 15) is 0 Å². The van der Waals surface area contributed by atoms with Crippen LogP contribution in [0.25, 0.3) is 5.69 Å². The first kappa shape index (κ1) is 13.0. The van der Waals surface area contributed by atoms with Crippen molar-refractivity contribution >= 4 is 11.8 Å². The molecule has 0 amide bonds. The minimum atomic E-state index is 0.218. The van der Waals surface area contributed by atoms with Gasteiger partial charge in [-0.05, 0) is 30.7 Å². The lowest BCUT2D eigenvalue weighted by Crippen LogP contribution is -1.96. The molecule has 0 aliphatic heterocycles. The number of hydrogen-bond donors (Lipinski definition) is 1. The lowest BCUT2D eigenvalue weighted by atomic mass is 10.3. The normalized spacial score (nSPS) is 10.6. The standard InChI is InChI=1S/C13H16N2O2S/c1-17-12-5-3-11(4-6-12)15-8-7-14-13(15)18-10-2-9-16/h3-8,16H,2,9-10H2,1H3. The van der Waals surface area contributed by atoms with Gasteiger partial charge in [-0.2, -0.15) is 0 Å². The fourth-order valence-corrected chi connectivity index (χ4v) is 2.46. The Bertz CT molecular complexity index is 482. The van der Waals surface area contributed by atoms with Gasteiger partial charge in [-0.15, -0.1) is 0 Å². The van der Waals surface area contributed by atoms with Crippen LogP contribution in [0.1, 0.15) is 6.42 Å². The molecule has 0 unspecified atom stereocenters. The summed E-state index contributed by atoms with van der Waals surface area (Å²) in [6.07, 6.45) is 4.49. The monoisotopic (exact) mass is 264 g/mol. The maximum atomic E-state index is 8.78. The molecule has 1 aromatic heterocycles. The van der Waals surface area contributed by atoms with Crippen molar-refractivity contribution in [3.63, 3.8) is 0 Å². The van der Waals surface area contributed by atoms with Crippen LogP contribution in [-0.2, 0) is 0 Å². The zero-order valence-corrected chi connectivity index (χ0v) is 11.1. The first-order valence-electron chi connectivity index (χ1n) is 5.76. The van der Waals surface area contributed by atoms with Crippen LogP contribution >= 0.6 is 11.8 Å². The van der Waals surface area contributed by atoms with E-state index in [0.29, 0.717) is 0 Å². The number of imidazole rings is 1. The lowest BCUT2D eigenvalue weighted by Gasteiger charge is -2.08. The summed E-state index contributed by atoms with van der Waals surface area (Å²) < 4.78 is 7.17. The van der Waals surface area contributed by atoms with Crippen molar-refractivity contribution < 1.29 is 9.84 Å². The molecule has 2 rings (SSSR count). The van der Waals surface area contributed by atoms with Gasteiger partial charge in [0.2, 0.25) is 0 Å². The molecule has 4 nitrogen and oxygen atoms in total. The molecule has 0 atom stereocenters. The summed E-state index contributed by atoms with van der Waals surface area (Å²) in [7, 11) is 1.66. The predicted octanol–water partition coefficient (Wildman–Crippen LogP) is 2.36. The number of thioether (sulfide) groups is 1. The minimum Gasteiger partial charge on any atom is -0.497 e. The Morgan fingerprint density at radius 1 is 1.33 bits per heavy atom. The second-order valence-electron chi connectivity index (χ2n) is 3.70. The van der Waals surface area contributed by atoms with Gasteiger partial charge < -0.3 is 9.84 Å². The van der Waals surface area contributed by atoms with Crippen LogP contribution in [-0.4, -0.2) is 34.1 Å². The topological polar surface area (TPSA) is 47.3 Å². The van der Waals surface area contributed by atoms with Gasteiger partial charge in [0, 0.05) is 30.4 Å². The van der Waals surface area contributed by atoms with Crippen LogP contribution in [0.2, 0.25) is 0 Å². The summed E-state index contributed by atoms with van der Waals surface area (Å²) in [6.45, 7) is 0.218. The lowest BCUT2D eigenvalue weighted by molar-refractivity contribution is 0.296. The van der Waals surface area contributed by atoms with E-state index >= 15 is 0 Å². The summed E-state index contributed by atoms with van der Waals surface area (Å²) in [5.74, 6) is 1.71. The summed E-state index contributed by atoms with van der Waals surface area (Å²) in [5.41, 5.74) is 1.06. The van der Waals surface area contributed by atoms with Gasteiger partial charge in [-0.25, -0.2) is 4.98 Å². The van der Waals surface area contributed by atoms with Crippen molar-refractivity contribution in [2.75, 3.05) is 19.5 Å². The third-order valence-electron chi connectivity index (χ3n) is 2.49. The van der Waals surface area contributed by atoms with Crippen molar-refractivity contribution in [3.8, 4) is 11.4 Å². The van der Waals surface area contributed by atoms with Gasteiger partial charge >= 0.3 is 0 Å². The molecule has 0 spiro atoms. The number of aliphatic hydroxyl groups is 1. The van der Waals surface area contributed by atoms with E-state index in [-0.39, 0.29) is 6.61 Å². The van der Waals surface area contributed by atoms with Crippen molar-refractivity contribution in [1.29, 1.82) is 0 Å². The Hall–Kier alpha value is -1.46. The smallest absolute Gasteiger partial charge is 0.172 e. The molecule has 0 radical (unpaired) electrons. The number of benzene rings is 1. The van der Waals surface area contributed by atoms with Crippen LogP contribution in [0.15, 0.2) is 41.8 Å². The molecule has 1 heterocycles. The number of aliphatic hydroxyl groups excluding tert-OH is 1. The zero-order chi connectivity index (χ0) is 12.8. The maximum Gasteiger partial charge on any atom is 0.172 e. The average Bonchev–Trinajstić information content (AvgIpc) is 2.88. The highest BCUT2D eigenvalue weighted by molar-refractivity contribution is 7.99. The first-order valence-corrected chi connectivity index (χ1v) is 6.75. The summed E-state index contributed by atoms with van der Waals surface area (Å²) >= 11 is 1.64. The van der Waals surface area contributed by atoms with Gasteiger partial charge in [0.15, 0.2) is 5.16 Å². The van der Waals surface area contributed by atoms with Crippen LogP contribution in [0.5, 0.6) is 5.75 Å². The fraction of sp³-hybridized carbons (Fsp3) is 0.308. The maximum absolute atomic E-state index is 8.78. The van der Waals surface area contributed by atoms with Gasteiger partial charge in [-0.1, -0.05) is 11.8 Å². The molecule has 18 heavy (non-hydrogen) atoms. The Labute approximate surface area is 111 Å². The molecule has 0 aliphatic carbocycles.